The summed E-state index contributed by atoms with van der Waals surface area (Å²) in [7, 11) is 0. The molecule has 3 heterocycles. The van der Waals surface area contributed by atoms with Crippen LogP contribution in [0.1, 0.15) is 12.8 Å². The van der Waals surface area contributed by atoms with Gasteiger partial charge in [0, 0.05) is 38.1 Å². The van der Waals surface area contributed by atoms with E-state index in [1.807, 2.05) is 42.5 Å². The number of rotatable bonds is 4. The molecule has 1 aromatic heterocycles. The highest BCUT2D eigenvalue weighted by Crippen LogP contribution is 2.27. The van der Waals surface area contributed by atoms with Gasteiger partial charge in [0.2, 0.25) is 0 Å². The summed E-state index contributed by atoms with van der Waals surface area (Å²) in [4.78, 5) is 4.94. The van der Waals surface area contributed by atoms with Gasteiger partial charge in [0.25, 0.3) is 0 Å². The van der Waals surface area contributed by atoms with E-state index in [0.717, 1.165) is 44.4 Å². The Hall–Kier alpha value is -1.85. The highest BCUT2D eigenvalue weighted by molar-refractivity contribution is 6.29. The zero-order valence-electron chi connectivity index (χ0n) is 14.2. The molecule has 2 atom stereocenters. The predicted molar refractivity (Wildman–Crippen MR) is 99.3 cm³/mol. The third kappa shape index (κ3) is 4.05. The maximum absolute atomic E-state index is 5.96. The summed E-state index contributed by atoms with van der Waals surface area (Å²) in [5.41, 5.74) is 0. The fraction of sp³-hybridized carbons (Fsp3) is 0.474. The fourth-order valence-corrected chi connectivity index (χ4v) is 3.91. The van der Waals surface area contributed by atoms with Crippen LogP contribution in [-0.2, 0) is 0 Å². The van der Waals surface area contributed by atoms with Crippen molar-refractivity contribution in [1.82, 2.24) is 15.1 Å². The van der Waals surface area contributed by atoms with Crippen molar-refractivity contribution in [3.63, 3.8) is 0 Å². The van der Waals surface area contributed by atoms with Crippen LogP contribution >= 0.6 is 11.6 Å². The Labute approximate surface area is 153 Å². The number of anilines is 1. The highest BCUT2D eigenvalue weighted by Gasteiger charge is 2.33. The lowest BCUT2D eigenvalue weighted by Gasteiger charge is -2.46. The molecule has 0 amide bonds. The van der Waals surface area contributed by atoms with Crippen LogP contribution in [0.15, 0.2) is 42.5 Å². The molecule has 2 saturated heterocycles. The van der Waals surface area contributed by atoms with Crippen LogP contribution in [0.2, 0.25) is 5.15 Å². The molecule has 1 aromatic carbocycles. The van der Waals surface area contributed by atoms with E-state index in [2.05, 4.69) is 20.0 Å². The van der Waals surface area contributed by atoms with Gasteiger partial charge < -0.3 is 9.64 Å². The molecule has 0 radical (unpaired) electrons. The summed E-state index contributed by atoms with van der Waals surface area (Å²) in [6.45, 7) is 5.00. The molecule has 6 heteroatoms. The van der Waals surface area contributed by atoms with Crippen LogP contribution in [0.5, 0.6) is 5.75 Å². The summed E-state index contributed by atoms with van der Waals surface area (Å²) in [5, 5.41) is 8.64. The summed E-state index contributed by atoms with van der Waals surface area (Å²) >= 11 is 5.84. The summed E-state index contributed by atoms with van der Waals surface area (Å²) in [6.07, 6.45) is 2.43. The van der Waals surface area contributed by atoms with Crippen molar-refractivity contribution in [2.45, 2.75) is 18.9 Å². The van der Waals surface area contributed by atoms with Gasteiger partial charge in [-0.2, -0.15) is 0 Å². The van der Waals surface area contributed by atoms with Crippen LogP contribution in [0.25, 0.3) is 0 Å². The molecular weight excluding hydrogens is 336 g/mol. The van der Waals surface area contributed by atoms with Crippen LogP contribution in [-0.4, -0.2) is 53.9 Å². The third-order valence-electron chi connectivity index (χ3n) is 5.18. The van der Waals surface area contributed by atoms with Gasteiger partial charge in [-0.1, -0.05) is 29.8 Å². The molecule has 2 aliphatic rings. The molecule has 0 bridgehead atoms. The molecule has 0 spiro atoms. The maximum Gasteiger partial charge on any atom is 0.151 e. The van der Waals surface area contributed by atoms with E-state index in [9.17, 15) is 0 Å². The second-order valence-corrected chi connectivity index (χ2v) is 7.26. The van der Waals surface area contributed by atoms with Gasteiger partial charge in [0.1, 0.15) is 5.75 Å². The highest BCUT2D eigenvalue weighted by atomic mass is 35.5. The first-order valence-electron chi connectivity index (χ1n) is 8.94. The number of ether oxygens (including phenoxy) is 1. The monoisotopic (exact) mass is 358 g/mol. The van der Waals surface area contributed by atoms with E-state index < -0.39 is 0 Å². The predicted octanol–water partition coefficient (Wildman–Crippen LogP) is 3.11. The van der Waals surface area contributed by atoms with E-state index >= 15 is 0 Å². The Kier molecular flexibility index (Phi) is 5.04. The number of hydrogen-bond donors (Lipinski definition) is 0. The lowest BCUT2D eigenvalue weighted by molar-refractivity contribution is 0.0727. The van der Waals surface area contributed by atoms with Crippen molar-refractivity contribution >= 4 is 17.4 Å². The molecule has 0 saturated carbocycles. The topological polar surface area (TPSA) is 41.5 Å². The molecule has 2 fully saturated rings. The van der Waals surface area contributed by atoms with Crippen molar-refractivity contribution < 1.29 is 4.74 Å². The molecule has 0 N–H and O–H groups in total. The minimum atomic E-state index is 0.446. The van der Waals surface area contributed by atoms with E-state index in [4.69, 9.17) is 16.3 Å². The van der Waals surface area contributed by atoms with E-state index in [1.54, 1.807) is 0 Å². The number of fused-ring (bicyclic) bond motifs is 1. The molecule has 132 valence electrons. The molecule has 1 unspecified atom stereocenters. The SMILES string of the molecule is Clc1ccc(N2CCN3C[C@H](COc4ccccc4)CCC3C2)nn1. The lowest BCUT2D eigenvalue weighted by atomic mass is 9.91. The summed E-state index contributed by atoms with van der Waals surface area (Å²) in [6, 6.07) is 14.5. The average Bonchev–Trinajstić information content (AvgIpc) is 2.67. The standard InChI is InChI=1S/C19H23ClN4O/c20-18-8-9-19(22-21-18)24-11-10-23-12-15(6-7-16(23)13-24)14-25-17-4-2-1-3-5-17/h1-5,8-9,15-16H,6-7,10-14H2/t15-,16?/m1/s1. The number of benzene rings is 1. The normalized spacial score (nSPS) is 24.0. The first kappa shape index (κ1) is 16.6. The zero-order chi connectivity index (χ0) is 17.1. The van der Waals surface area contributed by atoms with Crippen molar-refractivity contribution in [2.75, 3.05) is 37.7 Å². The van der Waals surface area contributed by atoms with E-state index in [-0.39, 0.29) is 0 Å². The van der Waals surface area contributed by atoms with Gasteiger partial charge in [0.05, 0.1) is 6.61 Å². The number of aromatic nitrogens is 2. The molecule has 2 aromatic rings. The number of halogens is 1. The Balaban J connectivity index is 1.30. The summed E-state index contributed by atoms with van der Waals surface area (Å²) in [5.74, 6) is 2.51. The summed E-state index contributed by atoms with van der Waals surface area (Å²) < 4.78 is 5.96. The Bertz CT molecular complexity index is 682. The van der Waals surface area contributed by atoms with Crippen LogP contribution < -0.4 is 9.64 Å². The van der Waals surface area contributed by atoms with Crippen LogP contribution in [0.4, 0.5) is 5.82 Å². The largest absolute Gasteiger partial charge is 0.493 e. The lowest BCUT2D eigenvalue weighted by Crippen LogP contribution is -2.57. The second-order valence-electron chi connectivity index (χ2n) is 6.88. The van der Waals surface area contributed by atoms with Gasteiger partial charge in [-0.25, -0.2) is 0 Å². The Morgan fingerprint density at radius 3 is 2.68 bits per heavy atom. The molecule has 5 nitrogen and oxygen atoms in total. The molecular formula is C19H23ClN4O. The van der Waals surface area contributed by atoms with Gasteiger partial charge in [0.15, 0.2) is 11.0 Å². The average molecular weight is 359 g/mol. The minimum Gasteiger partial charge on any atom is -0.493 e. The Morgan fingerprint density at radius 1 is 1.00 bits per heavy atom. The number of para-hydroxylation sites is 1. The Morgan fingerprint density at radius 2 is 1.88 bits per heavy atom. The van der Waals surface area contributed by atoms with Gasteiger partial charge in [-0.05, 0) is 37.1 Å². The molecule has 25 heavy (non-hydrogen) atoms. The van der Waals surface area contributed by atoms with Crippen LogP contribution in [0.3, 0.4) is 0 Å². The molecule has 0 aliphatic carbocycles. The van der Waals surface area contributed by atoms with E-state index in [0.29, 0.717) is 17.1 Å². The minimum absolute atomic E-state index is 0.446. The zero-order valence-corrected chi connectivity index (χ0v) is 15.0. The molecule has 2 aliphatic heterocycles. The molecule has 4 rings (SSSR count). The van der Waals surface area contributed by atoms with Gasteiger partial charge >= 0.3 is 0 Å². The fourth-order valence-electron chi connectivity index (χ4n) is 3.81. The second kappa shape index (κ2) is 7.58. The number of hydrogen-bond acceptors (Lipinski definition) is 5. The van der Waals surface area contributed by atoms with Crippen molar-refractivity contribution in [2.24, 2.45) is 5.92 Å². The maximum atomic E-state index is 5.96. The van der Waals surface area contributed by atoms with Crippen molar-refractivity contribution in [3.8, 4) is 5.75 Å². The van der Waals surface area contributed by atoms with Crippen molar-refractivity contribution in [1.29, 1.82) is 0 Å². The van der Waals surface area contributed by atoms with E-state index in [1.165, 1.54) is 12.8 Å². The first-order valence-corrected chi connectivity index (χ1v) is 9.32. The van der Waals surface area contributed by atoms with Crippen molar-refractivity contribution in [3.05, 3.63) is 47.6 Å². The smallest absolute Gasteiger partial charge is 0.151 e. The van der Waals surface area contributed by atoms with Gasteiger partial charge in [-0.15, -0.1) is 10.2 Å². The number of nitrogens with zero attached hydrogens (tertiary/aromatic N) is 4. The quantitative estimate of drug-likeness (QED) is 0.840. The number of piperazine rings is 1. The third-order valence-corrected chi connectivity index (χ3v) is 5.38. The van der Waals surface area contributed by atoms with Gasteiger partial charge in [-0.3, -0.25) is 4.90 Å². The first-order chi connectivity index (χ1) is 12.3. The van der Waals surface area contributed by atoms with Crippen LogP contribution in [0, 0.1) is 5.92 Å². The number of piperidine rings is 1.